The molecule has 0 aliphatic heterocycles. The topological polar surface area (TPSA) is 78.9 Å². The molecule has 0 amide bonds. The summed E-state index contributed by atoms with van der Waals surface area (Å²) in [5.41, 5.74) is 0. The molecular weight excluding hydrogens is 499 g/mol. The first kappa shape index (κ1) is 26.6. The normalized spacial score (nSPS) is 13.3. The van der Waals surface area contributed by atoms with Crippen LogP contribution in [0.1, 0.15) is 27.2 Å². The zero-order chi connectivity index (χ0) is 23.9. The van der Waals surface area contributed by atoms with Crippen molar-refractivity contribution in [2.45, 2.75) is 43.1 Å². The van der Waals surface area contributed by atoms with Crippen LogP contribution < -0.4 is 9.47 Å². The maximum atomic E-state index is 13.0. The number of hydrogen-bond donors (Lipinski definition) is 0. The zero-order valence-corrected chi connectivity index (χ0v) is 21.0. The summed E-state index contributed by atoms with van der Waals surface area (Å²) in [6.07, 6.45) is 0.303. The molecule has 0 saturated carbocycles. The van der Waals surface area contributed by atoms with Gasteiger partial charge < -0.3 is 14.2 Å². The van der Waals surface area contributed by atoms with Gasteiger partial charge in [-0.1, -0.05) is 43.5 Å². The molecule has 32 heavy (non-hydrogen) atoms. The molecule has 0 aliphatic rings. The van der Waals surface area contributed by atoms with Gasteiger partial charge in [0.2, 0.25) is 9.84 Å². The lowest BCUT2D eigenvalue weighted by molar-refractivity contribution is -0.146. The summed E-state index contributed by atoms with van der Waals surface area (Å²) < 4.78 is 42.3. The molecule has 2 atom stereocenters. The van der Waals surface area contributed by atoms with E-state index in [1.807, 2.05) is 0 Å². The number of rotatable bonds is 11. The Kier molecular flexibility index (Phi) is 9.95. The van der Waals surface area contributed by atoms with E-state index < -0.39 is 21.9 Å². The molecule has 0 aliphatic carbocycles. The molecular formula is C22H25Cl3O6S. The van der Waals surface area contributed by atoms with E-state index in [9.17, 15) is 13.2 Å². The monoisotopic (exact) mass is 522 g/mol. The van der Waals surface area contributed by atoms with Crippen LogP contribution in [0.25, 0.3) is 0 Å². The van der Waals surface area contributed by atoms with Gasteiger partial charge in [0.1, 0.15) is 24.2 Å². The second-order valence-electron chi connectivity index (χ2n) is 7.21. The average molecular weight is 524 g/mol. The van der Waals surface area contributed by atoms with Crippen molar-refractivity contribution in [2.24, 2.45) is 5.92 Å². The molecule has 6 nitrogen and oxygen atoms in total. The van der Waals surface area contributed by atoms with Crippen LogP contribution in [0.2, 0.25) is 10.0 Å². The number of sulfone groups is 1. The van der Waals surface area contributed by atoms with E-state index >= 15 is 0 Å². The van der Waals surface area contributed by atoms with Gasteiger partial charge >= 0.3 is 5.97 Å². The van der Waals surface area contributed by atoms with Gasteiger partial charge in [-0.05, 0) is 42.3 Å². The first-order valence-corrected chi connectivity index (χ1v) is 12.7. The molecule has 0 N–H and O–H groups in total. The predicted molar refractivity (Wildman–Crippen MR) is 125 cm³/mol. The smallest absolute Gasteiger partial charge is 0.303 e. The maximum absolute atomic E-state index is 13.0. The summed E-state index contributed by atoms with van der Waals surface area (Å²) in [6, 6.07) is 8.42. The van der Waals surface area contributed by atoms with Crippen molar-refractivity contribution in [3.63, 3.8) is 0 Å². The molecule has 2 rings (SSSR count). The molecule has 0 radical (unpaired) electrons. The Morgan fingerprint density at radius 2 is 1.47 bits per heavy atom. The minimum absolute atomic E-state index is 0.0141. The zero-order valence-electron chi connectivity index (χ0n) is 17.9. The molecule has 0 fully saturated rings. The van der Waals surface area contributed by atoms with E-state index in [1.165, 1.54) is 43.3 Å². The SMILES string of the molecule is CCC(C)COc1ccc(S(=O)(=O)c2ccc(OCC(CCl)OC(C)=O)c(Cl)c2)cc1Cl. The second-order valence-corrected chi connectivity index (χ2v) is 10.3. The van der Waals surface area contributed by atoms with Gasteiger partial charge in [0.05, 0.1) is 32.3 Å². The van der Waals surface area contributed by atoms with Crippen LogP contribution in [0.5, 0.6) is 11.5 Å². The van der Waals surface area contributed by atoms with Crippen molar-refractivity contribution in [3.05, 3.63) is 46.4 Å². The Labute approximate surface area is 203 Å². The minimum atomic E-state index is -3.88. The van der Waals surface area contributed by atoms with Crippen molar-refractivity contribution in [1.29, 1.82) is 0 Å². The van der Waals surface area contributed by atoms with E-state index in [2.05, 4.69) is 13.8 Å². The molecule has 0 aromatic heterocycles. The van der Waals surface area contributed by atoms with Gasteiger partial charge in [-0.3, -0.25) is 4.79 Å². The van der Waals surface area contributed by atoms with E-state index in [0.29, 0.717) is 18.3 Å². The lowest BCUT2D eigenvalue weighted by Crippen LogP contribution is -2.25. The molecule has 0 saturated heterocycles. The number of carbonyl (C=O) groups is 1. The minimum Gasteiger partial charge on any atom is -0.492 e. The van der Waals surface area contributed by atoms with Crippen molar-refractivity contribution in [1.82, 2.24) is 0 Å². The predicted octanol–water partition coefficient (Wildman–Crippen LogP) is 5.80. The maximum Gasteiger partial charge on any atom is 0.303 e. The third-order valence-electron chi connectivity index (χ3n) is 4.58. The summed E-state index contributed by atoms with van der Waals surface area (Å²) >= 11 is 18.2. The first-order chi connectivity index (χ1) is 15.1. The van der Waals surface area contributed by atoms with Crippen LogP contribution in [0.3, 0.4) is 0 Å². The molecule has 0 bridgehead atoms. The number of carbonyl (C=O) groups excluding carboxylic acids is 1. The standard InChI is InChI=1S/C22H25Cl3O6S/c1-4-14(2)12-29-21-7-5-17(9-19(21)24)32(27,28)18-6-8-22(20(25)10-18)30-13-16(11-23)31-15(3)26/h5-10,14,16H,4,11-13H2,1-3H3. The summed E-state index contributed by atoms with van der Waals surface area (Å²) in [7, 11) is -3.88. The fourth-order valence-corrected chi connectivity index (χ4v) is 4.61. The number of ether oxygens (including phenoxy) is 3. The third-order valence-corrected chi connectivity index (χ3v) is 7.26. The summed E-state index contributed by atoms with van der Waals surface area (Å²) in [5, 5.41) is 0.292. The van der Waals surface area contributed by atoms with Crippen LogP contribution in [0.4, 0.5) is 0 Å². The summed E-state index contributed by atoms with van der Waals surface area (Å²) in [5.74, 6) is 0.573. The van der Waals surface area contributed by atoms with Crippen molar-refractivity contribution in [2.75, 3.05) is 19.1 Å². The van der Waals surface area contributed by atoms with Crippen LogP contribution in [-0.2, 0) is 19.4 Å². The Hall–Kier alpha value is -1.67. The number of halogens is 3. The summed E-state index contributed by atoms with van der Waals surface area (Å²) in [4.78, 5) is 11.1. The fraction of sp³-hybridized carbons (Fsp3) is 0.409. The Morgan fingerprint density at radius 3 is 1.88 bits per heavy atom. The van der Waals surface area contributed by atoms with E-state index in [4.69, 9.17) is 49.0 Å². The van der Waals surface area contributed by atoms with E-state index in [-0.39, 0.29) is 38.1 Å². The van der Waals surface area contributed by atoms with Crippen LogP contribution in [0.15, 0.2) is 46.2 Å². The molecule has 0 spiro atoms. The second kappa shape index (κ2) is 12.0. The van der Waals surface area contributed by atoms with Crippen LogP contribution in [0, 0.1) is 5.92 Å². The number of alkyl halides is 1. The average Bonchev–Trinajstić information content (AvgIpc) is 2.75. The van der Waals surface area contributed by atoms with Crippen LogP contribution in [-0.4, -0.2) is 39.6 Å². The molecule has 2 aromatic carbocycles. The van der Waals surface area contributed by atoms with Gasteiger partial charge in [-0.2, -0.15) is 0 Å². The van der Waals surface area contributed by atoms with Crippen molar-refractivity contribution < 1.29 is 27.4 Å². The fourth-order valence-electron chi connectivity index (χ4n) is 2.55. The molecule has 0 heterocycles. The Balaban J connectivity index is 2.17. The Morgan fingerprint density at radius 1 is 0.969 bits per heavy atom. The van der Waals surface area contributed by atoms with Crippen molar-refractivity contribution in [3.8, 4) is 11.5 Å². The quantitative estimate of drug-likeness (QED) is 0.273. The number of hydrogen-bond acceptors (Lipinski definition) is 6. The lowest BCUT2D eigenvalue weighted by Gasteiger charge is -2.16. The van der Waals surface area contributed by atoms with Crippen LogP contribution >= 0.6 is 34.8 Å². The lowest BCUT2D eigenvalue weighted by atomic mass is 10.1. The highest BCUT2D eigenvalue weighted by Gasteiger charge is 2.21. The Bertz CT molecular complexity index is 1040. The molecule has 2 unspecified atom stereocenters. The van der Waals surface area contributed by atoms with E-state index in [1.54, 1.807) is 0 Å². The largest absolute Gasteiger partial charge is 0.492 e. The van der Waals surface area contributed by atoms with E-state index in [0.717, 1.165) is 6.42 Å². The van der Waals surface area contributed by atoms with Gasteiger partial charge in [0.15, 0.2) is 0 Å². The van der Waals surface area contributed by atoms with Gasteiger partial charge in [0, 0.05) is 6.92 Å². The molecule has 176 valence electrons. The first-order valence-electron chi connectivity index (χ1n) is 9.91. The van der Waals surface area contributed by atoms with Crippen molar-refractivity contribution >= 4 is 50.6 Å². The third kappa shape index (κ3) is 7.17. The molecule has 10 heteroatoms. The molecule has 2 aromatic rings. The number of esters is 1. The number of benzene rings is 2. The van der Waals surface area contributed by atoms with Gasteiger partial charge in [0.25, 0.3) is 0 Å². The summed E-state index contributed by atoms with van der Waals surface area (Å²) in [6.45, 7) is 5.84. The van der Waals surface area contributed by atoms with Gasteiger partial charge in [-0.25, -0.2) is 8.42 Å². The highest BCUT2D eigenvalue weighted by molar-refractivity contribution is 7.91. The highest BCUT2D eigenvalue weighted by atomic mass is 35.5. The van der Waals surface area contributed by atoms with Gasteiger partial charge in [-0.15, -0.1) is 11.6 Å². The highest BCUT2D eigenvalue weighted by Crippen LogP contribution is 2.33.